The SMILES string of the molecule is Cc1nc(NC(C)c2ccc(-c3ccccc3CN(C)C)s2)c2cc(N3CC(NC(=O)CN4CCOCC4)C3)ncc2n1. The molecule has 2 N–H and O–H groups in total. The highest BCUT2D eigenvalue weighted by atomic mass is 32.1. The first-order chi connectivity index (χ1) is 20.8. The molecule has 0 spiro atoms. The molecule has 0 bridgehead atoms. The van der Waals surface area contributed by atoms with Crippen molar-refractivity contribution in [2.45, 2.75) is 32.5 Å². The summed E-state index contributed by atoms with van der Waals surface area (Å²) in [6, 6.07) is 15.3. The van der Waals surface area contributed by atoms with Crippen LogP contribution in [0, 0.1) is 6.92 Å². The van der Waals surface area contributed by atoms with E-state index in [1.807, 2.05) is 24.5 Å². The maximum atomic E-state index is 12.5. The van der Waals surface area contributed by atoms with Crippen LogP contribution in [0.15, 0.2) is 48.7 Å². The van der Waals surface area contributed by atoms with Crippen LogP contribution in [0.25, 0.3) is 21.3 Å². The van der Waals surface area contributed by atoms with Gasteiger partial charge in [0.15, 0.2) is 0 Å². The average Bonchev–Trinajstić information content (AvgIpc) is 3.46. The smallest absolute Gasteiger partial charge is 0.234 e. The number of morpholine rings is 1. The molecular weight excluding hydrogens is 560 g/mol. The lowest BCUT2D eigenvalue weighted by molar-refractivity contribution is -0.124. The molecule has 5 heterocycles. The fourth-order valence-corrected chi connectivity index (χ4v) is 6.73. The largest absolute Gasteiger partial charge is 0.379 e. The van der Waals surface area contributed by atoms with Gasteiger partial charge in [0.2, 0.25) is 5.91 Å². The number of hydrogen-bond donors (Lipinski definition) is 2. The van der Waals surface area contributed by atoms with Crippen LogP contribution in [-0.2, 0) is 16.1 Å². The number of hydrogen-bond acceptors (Lipinski definition) is 10. The van der Waals surface area contributed by atoms with Gasteiger partial charge in [-0.05, 0) is 57.3 Å². The minimum atomic E-state index is 0.0592. The number of benzene rings is 1. The standard InChI is InChI=1S/C32H40N8O2S/c1-21(28-9-10-29(43-28)25-8-6-5-7-23(25)17-38(3)4)34-32-26-15-30(33-16-27(26)35-22(2)36-32)40-18-24(19-40)37-31(41)20-39-11-13-42-14-12-39/h5-10,15-16,21,24H,11-14,17-20H2,1-4H3,(H,37,41)(H,34,35,36). The van der Waals surface area contributed by atoms with Crippen molar-refractivity contribution in [1.82, 2.24) is 30.1 Å². The predicted molar refractivity (Wildman–Crippen MR) is 173 cm³/mol. The third-order valence-corrected chi connectivity index (χ3v) is 9.20. The molecule has 4 aromatic rings. The van der Waals surface area contributed by atoms with Crippen molar-refractivity contribution >= 4 is 39.8 Å². The summed E-state index contributed by atoms with van der Waals surface area (Å²) in [5, 5.41) is 7.76. The minimum absolute atomic E-state index is 0.0592. The monoisotopic (exact) mass is 600 g/mol. The fraction of sp³-hybridized carbons (Fsp3) is 0.438. The number of aryl methyl sites for hydroxylation is 1. The van der Waals surface area contributed by atoms with Crippen molar-refractivity contribution in [3.63, 3.8) is 0 Å². The van der Waals surface area contributed by atoms with E-state index in [1.165, 1.54) is 20.9 Å². The Kier molecular flexibility index (Phi) is 8.85. The quantitative estimate of drug-likeness (QED) is 0.281. The molecule has 2 aliphatic heterocycles. The Balaban J connectivity index is 1.13. The summed E-state index contributed by atoms with van der Waals surface area (Å²) >= 11 is 1.81. The molecule has 0 saturated carbocycles. The number of carbonyl (C=O) groups excluding carboxylic acids is 1. The number of anilines is 2. The summed E-state index contributed by atoms with van der Waals surface area (Å²) in [5.41, 5.74) is 3.42. The minimum Gasteiger partial charge on any atom is -0.379 e. The van der Waals surface area contributed by atoms with Gasteiger partial charge in [-0.15, -0.1) is 11.3 Å². The Labute approximate surface area is 257 Å². The van der Waals surface area contributed by atoms with Crippen molar-refractivity contribution in [2.75, 3.05) is 70.2 Å². The van der Waals surface area contributed by atoms with Crippen LogP contribution in [0.4, 0.5) is 11.6 Å². The van der Waals surface area contributed by atoms with E-state index >= 15 is 0 Å². The van der Waals surface area contributed by atoms with E-state index in [1.54, 1.807) is 0 Å². The third kappa shape index (κ3) is 6.96. The zero-order chi connectivity index (χ0) is 29.9. The zero-order valence-corrected chi connectivity index (χ0v) is 26.2. The number of nitrogens with zero attached hydrogens (tertiary/aromatic N) is 6. The van der Waals surface area contributed by atoms with Crippen LogP contribution in [0.1, 0.15) is 29.2 Å². The molecule has 10 nitrogen and oxygen atoms in total. The Bertz CT molecular complexity index is 1580. The highest BCUT2D eigenvalue weighted by Crippen LogP contribution is 2.36. The molecule has 2 aliphatic rings. The zero-order valence-electron chi connectivity index (χ0n) is 25.3. The summed E-state index contributed by atoms with van der Waals surface area (Å²) in [5.74, 6) is 2.44. The first kappa shape index (κ1) is 29.4. The van der Waals surface area contributed by atoms with E-state index < -0.39 is 0 Å². The second-order valence-corrected chi connectivity index (χ2v) is 12.8. The number of fused-ring (bicyclic) bond motifs is 1. The van der Waals surface area contributed by atoms with Crippen LogP contribution in [0.2, 0.25) is 0 Å². The van der Waals surface area contributed by atoms with Gasteiger partial charge in [0.1, 0.15) is 17.5 Å². The van der Waals surface area contributed by atoms with E-state index in [2.05, 4.69) is 93.8 Å². The molecule has 1 amide bonds. The molecule has 1 atom stereocenters. The van der Waals surface area contributed by atoms with E-state index in [0.29, 0.717) is 25.6 Å². The van der Waals surface area contributed by atoms with E-state index in [-0.39, 0.29) is 18.0 Å². The summed E-state index contributed by atoms with van der Waals surface area (Å²) in [6.07, 6.45) is 1.82. The summed E-state index contributed by atoms with van der Waals surface area (Å²) in [7, 11) is 4.20. The highest BCUT2D eigenvalue weighted by Gasteiger charge is 2.30. The number of amides is 1. The Hall–Kier alpha value is -3.64. The highest BCUT2D eigenvalue weighted by molar-refractivity contribution is 7.15. The van der Waals surface area contributed by atoms with Gasteiger partial charge in [-0.1, -0.05) is 24.3 Å². The maximum absolute atomic E-state index is 12.5. The number of ether oxygens (including phenoxy) is 1. The van der Waals surface area contributed by atoms with Gasteiger partial charge >= 0.3 is 0 Å². The van der Waals surface area contributed by atoms with Crippen molar-refractivity contribution in [1.29, 1.82) is 0 Å². The average molecular weight is 601 g/mol. The number of pyridine rings is 1. The van der Waals surface area contributed by atoms with Crippen molar-refractivity contribution in [3.8, 4) is 10.4 Å². The Morgan fingerprint density at radius 1 is 1.14 bits per heavy atom. The second-order valence-electron chi connectivity index (χ2n) is 11.7. The van der Waals surface area contributed by atoms with Crippen LogP contribution in [0.5, 0.6) is 0 Å². The molecule has 43 heavy (non-hydrogen) atoms. The van der Waals surface area contributed by atoms with E-state index in [0.717, 1.165) is 55.3 Å². The van der Waals surface area contributed by atoms with E-state index in [4.69, 9.17) is 14.7 Å². The molecule has 2 fully saturated rings. The molecule has 226 valence electrons. The molecule has 1 unspecified atom stereocenters. The van der Waals surface area contributed by atoms with Crippen molar-refractivity contribution < 1.29 is 9.53 Å². The van der Waals surface area contributed by atoms with Crippen LogP contribution < -0.4 is 15.5 Å². The first-order valence-corrected chi connectivity index (χ1v) is 15.7. The number of thiophene rings is 1. The Morgan fingerprint density at radius 2 is 1.93 bits per heavy atom. The molecule has 1 aromatic carbocycles. The van der Waals surface area contributed by atoms with Gasteiger partial charge in [0.25, 0.3) is 0 Å². The number of rotatable bonds is 10. The number of nitrogens with one attached hydrogen (secondary N) is 2. The van der Waals surface area contributed by atoms with Gasteiger partial charge in [-0.2, -0.15) is 0 Å². The summed E-state index contributed by atoms with van der Waals surface area (Å²) in [6.45, 7) is 9.86. The lowest BCUT2D eigenvalue weighted by Gasteiger charge is -2.40. The fourth-order valence-electron chi connectivity index (χ4n) is 5.66. The van der Waals surface area contributed by atoms with Crippen molar-refractivity contribution in [3.05, 3.63) is 64.9 Å². The molecule has 6 rings (SSSR count). The van der Waals surface area contributed by atoms with Crippen LogP contribution in [-0.4, -0.2) is 96.7 Å². The van der Waals surface area contributed by atoms with Gasteiger partial charge in [-0.25, -0.2) is 15.0 Å². The van der Waals surface area contributed by atoms with Crippen molar-refractivity contribution in [2.24, 2.45) is 0 Å². The first-order valence-electron chi connectivity index (χ1n) is 14.9. The van der Waals surface area contributed by atoms with Gasteiger partial charge < -0.3 is 25.2 Å². The second kappa shape index (κ2) is 12.9. The topological polar surface area (TPSA) is 98.8 Å². The molecule has 2 saturated heterocycles. The normalized spacial score (nSPS) is 16.8. The number of carbonyl (C=O) groups is 1. The molecular formula is C32H40N8O2S. The summed E-state index contributed by atoms with van der Waals surface area (Å²) in [4.78, 5) is 35.7. The lowest BCUT2D eigenvalue weighted by Crippen LogP contribution is -2.61. The van der Waals surface area contributed by atoms with Crippen LogP contribution >= 0.6 is 11.3 Å². The lowest BCUT2D eigenvalue weighted by atomic mass is 10.1. The number of aromatic nitrogens is 3. The van der Waals surface area contributed by atoms with Gasteiger partial charge in [-0.3, -0.25) is 9.69 Å². The molecule has 3 aromatic heterocycles. The third-order valence-electron chi connectivity index (χ3n) is 7.90. The molecule has 0 radical (unpaired) electrons. The van der Waals surface area contributed by atoms with Gasteiger partial charge in [0.05, 0.1) is 43.6 Å². The predicted octanol–water partition coefficient (Wildman–Crippen LogP) is 3.93. The van der Waals surface area contributed by atoms with Crippen LogP contribution in [0.3, 0.4) is 0 Å². The molecule has 11 heteroatoms. The van der Waals surface area contributed by atoms with E-state index in [9.17, 15) is 4.79 Å². The Morgan fingerprint density at radius 3 is 2.72 bits per heavy atom. The maximum Gasteiger partial charge on any atom is 0.234 e. The van der Waals surface area contributed by atoms with Gasteiger partial charge in [0, 0.05) is 47.9 Å². The summed E-state index contributed by atoms with van der Waals surface area (Å²) < 4.78 is 5.38. The molecule has 0 aliphatic carbocycles.